The van der Waals surface area contributed by atoms with Gasteiger partial charge in [0, 0.05) is 12.1 Å². The van der Waals surface area contributed by atoms with Crippen molar-refractivity contribution in [1.29, 1.82) is 0 Å². The average Bonchev–Trinajstić information content (AvgIpc) is 3.37. The molecule has 0 saturated carbocycles. The van der Waals surface area contributed by atoms with E-state index >= 15 is 0 Å². The Bertz CT molecular complexity index is 1150. The van der Waals surface area contributed by atoms with E-state index < -0.39 is 0 Å². The van der Waals surface area contributed by atoms with E-state index in [0.29, 0.717) is 28.8 Å². The van der Waals surface area contributed by atoms with Crippen LogP contribution in [0.4, 0.5) is 5.13 Å². The summed E-state index contributed by atoms with van der Waals surface area (Å²) in [7, 11) is 0. The number of aromatic nitrogens is 5. The lowest BCUT2D eigenvalue weighted by molar-refractivity contribution is 0.102. The topological polar surface area (TPSA) is 94.8 Å². The molecule has 0 spiro atoms. The zero-order valence-electron chi connectivity index (χ0n) is 16.1. The molecule has 2 aromatic carbocycles. The van der Waals surface area contributed by atoms with Crippen molar-refractivity contribution in [3.8, 4) is 5.75 Å². The van der Waals surface area contributed by atoms with E-state index in [1.54, 1.807) is 28.9 Å². The van der Waals surface area contributed by atoms with Crippen molar-refractivity contribution in [2.45, 2.75) is 33.4 Å². The van der Waals surface area contributed by atoms with Crippen molar-refractivity contribution in [2.24, 2.45) is 0 Å². The second-order valence-electron chi connectivity index (χ2n) is 6.36. The molecule has 29 heavy (non-hydrogen) atoms. The lowest BCUT2D eigenvalue weighted by atomic mass is 10.2. The van der Waals surface area contributed by atoms with Crippen molar-refractivity contribution < 1.29 is 9.53 Å². The molecule has 2 heterocycles. The van der Waals surface area contributed by atoms with Crippen molar-refractivity contribution >= 4 is 32.6 Å². The maximum Gasteiger partial charge on any atom is 0.257 e. The molecule has 0 atom stereocenters. The Morgan fingerprint density at radius 2 is 2.10 bits per heavy atom. The highest BCUT2D eigenvalue weighted by atomic mass is 32.1. The summed E-state index contributed by atoms with van der Waals surface area (Å²) in [6.07, 6.45) is 0.965. The summed E-state index contributed by atoms with van der Waals surface area (Å²) in [5.74, 6) is 0.965. The molecule has 1 amide bonds. The minimum Gasteiger partial charge on any atom is -0.486 e. The van der Waals surface area contributed by atoms with E-state index in [9.17, 15) is 4.79 Å². The van der Waals surface area contributed by atoms with Crippen LogP contribution < -0.4 is 10.1 Å². The fourth-order valence-corrected chi connectivity index (χ4v) is 3.78. The molecule has 1 N–H and O–H groups in total. The Hall–Kier alpha value is -3.33. The number of ether oxygens (including phenoxy) is 1. The molecule has 9 heteroatoms. The predicted molar refractivity (Wildman–Crippen MR) is 111 cm³/mol. The average molecular weight is 408 g/mol. The van der Waals surface area contributed by atoms with Gasteiger partial charge in [0.05, 0.1) is 10.2 Å². The fraction of sp³-hybridized carbons (Fsp3) is 0.250. The Morgan fingerprint density at radius 3 is 2.93 bits per heavy atom. The minimum absolute atomic E-state index is 0.226. The molecule has 0 aliphatic heterocycles. The van der Waals surface area contributed by atoms with E-state index in [0.717, 1.165) is 16.6 Å². The molecule has 0 fully saturated rings. The molecule has 0 aliphatic carbocycles. The number of nitrogens with zero attached hydrogens (tertiary/aromatic N) is 5. The van der Waals surface area contributed by atoms with Gasteiger partial charge >= 0.3 is 0 Å². The maximum absolute atomic E-state index is 12.7. The van der Waals surface area contributed by atoms with Crippen LogP contribution in [0.15, 0.2) is 42.5 Å². The summed E-state index contributed by atoms with van der Waals surface area (Å²) in [6, 6.07) is 13.2. The second-order valence-corrected chi connectivity index (χ2v) is 7.39. The number of benzene rings is 2. The number of nitrogens with one attached hydrogen (secondary N) is 1. The molecule has 8 nitrogen and oxygen atoms in total. The number of hydrogen-bond acceptors (Lipinski definition) is 7. The summed E-state index contributed by atoms with van der Waals surface area (Å²) in [6.45, 7) is 4.96. The first-order valence-corrected chi connectivity index (χ1v) is 10.2. The predicted octanol–water partition coefficient (Wildman–Crippen LogP) is 3.70. The molecule has 4 aromatic rings. The number of carbonyl (C=O) groups is 1. The number of rotatable bonds is 7. The monoisotopic (exact) mass is 408 g/mol. The van der Waals surface area contributed by atoms with E-state index in [1.165, 1.54) is 16.9 Å². The van der Waals surface area contributed by atoms with Crippen molar-refractivity contribution in [1.82, 2.24) is 25.2 Å². The van der Waals surface area contributed by atoms with E-state index in [2.05, 4.69) is 44.9 Å². The van der Waals surface area contributed by atoms with Gasteiger partial charge in [0.1, 0.15) is 12.4 Å². The number of thiazole rings is 1. The third-order valence-electron chi connectivity index (χ3n) is 4.45. The third-order valence-corrected chi connectivity index (χ3v) is 5.38. The number of aryl methyl sites for hydroxylation is 2. The number of hydrogen-bond donors (Lipinski definition) is 1. The summed E-state index contributed by atoms with van der Waals surface area (Å²) in [5.41, 5.74) is 2.62. The van der Waals surface area contributed by atoms with Gasteiger partial charge in [-0.2, -0.15) is 0 Å². The van der Waals surface area contributed by atoms with Gasteiger partial charge in [-0.25, -0.2) is 9.67 Å². The van der Waals surface area contributed by atoms with E-state index in [4.69, 9.17) is 4.74 Å². The van der Waals surface area contributed by atoms with Crippen molar-refractivity contribution in [3.05, 3.63) is 59.4 Å². The highest BCUT2D eigenvalue weighted by Crippen LogP contribution is 2.27. The molecule has 0 saturated heterocycles. The molecule has 0 unspecified atom stereocenters. The van der Waals surface area contributed by atoms with Crippen molar-refractivity contribution in [3.63, 3.8) is 0 Å². The standard InChI is InChI=1S/C20H20N6O2S/c1-3-13-8-9-16-17(10-13)29-20(21-16)22-19(27)14-6-5-7-15(11-14)28-12-18-23-24-25-26(18)4-2/h5-11H,3-4,12H2,1-2H3,(H,21,22,27). The molecule has 4 rings (SSSR count). The summed E-state index contributed by atoms with van der Waals surface area (Å²) in [5, 5.41) is 14.9. The van der Waals surface area contributed by atoms with Crippen LogP contribution >= 0.6 is 11.3 Å². The van der Waals surface area contributed by atoms with Gasteiger partial charge in [0.2, 0.25) is 0 Å². The van der Waals surface area contributed by atoms with Crippen LogP contribution in [0, 0.1) is 0 Å². The zero-order chi connectivity index (χ0) is 20.2. The number of carbonyl (C=O) groups excluding carboxylic acids is 1. The number of tetrazole rings is 1. The number of amides is 1. The van der Waals surface area contributed by atoms with Gasteiger partial charge in [0.25, 0.3) is 5.91 Å². The Balaban J connectivity index is 1.45. The van der Waals surface area contributed by atoms with Gasteiger partial charge < -0.3 is 4.74 Å². The molecular weight excluding hydrogens is 388 g/mol. The Labute approximate surface area is 171 Å². The van der Waals surface area contributed by atoms with Gasteiger partial charge in [-0.15, -0.1) is 5.10 Å². The lowest BCUT2D eigenvalue weighted by Gasteiger charge is -2.07. The van der Waals surface area contributed by atoms with Gasteiger partial charge in [-0.05, 0) is 59.7 Å². The maximum atomic E-state index is 12.7. The Kier molecular flexibility index (Phi) is 5.48. The molecule has 0 aliphatic rings. The molecule has 2 aromatic heterocycles. The van der Waals surface area contributed by atoms with Crippen LogP contribution in [0.1, 0.15) is 35.6 Å². The summed E-state index contributed by atoms with van der Waals surface area (Å²) in [4.78, 5) is 17.2. The van der Waals surface area contributed by atoms with Crippen LogP contribution in [0.5, 0.6) is 5.75 Å². The molecule has 0 radical (unpaired) electrons. The molecule has 148 valence electrons. The normalized spacial score (nSPS) is 11.0. The van der Waals surface area contributed by atoms with E-state index in [1.807, 2.05) is 13.0 Å². The number of fused-ring (bicyclic) bond motifs is 1. The van der Waals surface area contributed by atoms with Gasteiger partial charge in [0.15, 0.2) is 11.0 Å². The zero-order valence-corrected chi connectivity index (χ0v) is 16.9. The molecular formula is C20H20N6O2S. The van der Waals surface area contributed by atoms with Crippen molar-refractivity contribution in [2.75, 3.05) is 5.32 Å². The highest BCUT2D eigenvalue weighted by molar-refractivity contribution is 7.22. The highest BCUT2D eigenvalue weighted by Gasteiger charge is 2.12. The van der Waals surface area contributed by atoms with Gasteiger partial charge in [-0.1, -0.05) is 30.4 Å². The first kappa shape index (κ1) is 19.0. The fourth-order valence-electron chi connectivity index (χ4n) is 2.86. The van der Waals surface area contributed by atoms with Gasteiger partial charge in [-0.3, -0.25) is 10.1 Å². The first-order chi connectivity index (χ1) is 14.2. The van der Waals surface area contributed by atoms with Crippen LogP contribution in [0.3, 0.4) is 0 Å². The second kappa shape index (κ2) is 8.36. The largest absolute Gasteiger partial charge is 0.486 e. The van der Waals surface area contributed by atoms with Crippen LogP contribution in [0.25, 0.3) is 10.2 Å². The third kappa shape index (κ3) is 4.24. The van der Waals surface area contributed by atoms with Crippen LogP contribution in [0.2, 0.25) is 0 Å². The van der Waals surface area contributed by atoms with Crippen LogP contribution in [-0.2, 0) is 19.6 Å². The minimum atomic E-state index is -0.233. The number of anilines is 1. The first-order valence-electron chi connectivity index (χ1n) is 9.35. The van der Waals surface area contributed by atoms with Crippen LogP contribution in [-0.4, -0.2) is 31.1 Å². The summed E-state index contributed by atoms with van der Waals surface area (Å²) < 4.78 is 8.47. The lowest BCUT2D eigenvalue weighted by Crippen LogP contribution is -2.12. The summed E-state index contributed by atoms with van der Waals surface area (Å²) >= 11 is 1.47. The smallest absolute Gasteiger partial charge is 0.257 e. The SMILES string of the molecule is CCc1ccc2nc(NC(=O)c3cccc(OCc4nnnn4CC)c3)sc2c1. The van der Waals surface area contributed by atoms with E-state index in [-0.39, 0.29) is 12.5 Å². The quantitative estimate of drug-likeness (QED) is 0.501. The molecule has 0 bridgehead atoms. The Morgan fingerprint density at radius 1 is 1.21 bits per heavy atom.